The molecule has 5 nitrogen and oxygen atoms in total. The normalized spacial score (nSPS) is 22.0. The van der Waals surface area contributed by atoms with E-state index >= 15 is 0 Å². The van der Waals surface area contributed by atoms with Crippen LogP contribution in [0.3, 0.4) is 0 Å². The number of alkyl halides is 1. The fraction of sp³-hybridized carbons (Fsp3) is 0.438. The van der Waals surface area contributed by atoms with E-state index in [0.29, 0.717) is 11.9 Å². The Balaban J connectivity index is 1.93. The lowest BCUT2D eigenvalue weighted by Crippen LogP contribution is -2.26. The topological polar surface area (TPSA) is 76.7 Å². The maximum Gasteiger partial charge on any atom is 0.228 e. The second-order valence-corrected chi connectivity index (χ2v) is 5.83. The van der Waals surface area contributed by atoms with Gasteiger partial charge in [0.1, 0.15) is 0 Å². The summed E-state index contributed by atoms with van der Waals surface area (Å²) in [6.07, 6.45) is 0.880. The fourth-order valence-electron chi connectivity index (χ4n) is 2.93. The number of halogens is 1. The van der Waals surface area contributed by atoms with Gasteiger partial charge in [-0.05, 0) is 36.8 Å². The molecule has 22 heavy (non-hydrogen) atoms. The Morgan fingerprint density at radius 2 is 2.05 bits per heavy atom. The largest absolute Gasteiger partial charge is 0.368 e. The average molecular weight is 301 g/mol. The number of rotatable bonds is 3. The lowest BCUT2D eigenvalue weighted by molar-refractivity contribution is 0.356. The van der Waals surface area contributed by atoms with Crippen molar-refractivity contribution in [2.24, 2.45) is 5.92 Å². The molecule has 1 unspecified atom stereocenters. The first kappa shape index (κ1) is 14.7. The van der Waals surface area contributed by atoms with Crippen molar-refractivity contribution in [3.63, 3.8) is 0 Å². The zero-order chi connectivity index (χ0) is 15.7. The van der Waals surface area contributed by atoms with Gasteiger partial charge in [0.15, 0.2) is 12.0 Å². The molecule has 3 N–H and O–H groups in total. The van der Waals surface area contributed by atoms with Crippen molar-refractivity contribution in [1.29, 1.82) is 0 Å². The maximum absolute atomic E-state index is 13.5. The van der Waals surface area contributed by atoms with Gasteiger partial charge in [-0.1, -0.05) is 31.2 Å². The minimum atomic E-state index is -1.28. The SMILES string of the molecule is CC(F)c1nc(N)nc(N[C@H]2c3ccccc3CC[C@@H]2C)n1. The van der Waals surface area contributed by atoms with E-state index in [1.807, 2.05) is 6.07 Å². The molecule has 0 aliphatic heterocycles. The van der Waals surface area contributed by atoms with E-state index in [9.17, 15) is 4.39 Å². The maximum atomic E-state index is 13.5. The Labute approximate surface area is 129 Å². The van der Waals surface area contributed by atoms with Crippen LogP contribution < -0.4 is 11.1 Å². The van der Waals surface area contributed by atoms with Gasteiger partial charge in [0, 0.05) is 0 Å². The zero-order valence-electron chi connectivity index (χ0n) is 12.8. The van der Waals surface area contributed by atoms with Crippen LogP contribution in [0, 0.1) is 5.92 Å². The van der Waals surface area contributed by atoms with Gasteiger partial charge in [0.2, 0.25) is 11.9 Å². The first-order chi connectivity index (χ1) is 10.5. The molecular formula is C16H20FN5. The van der Waals surface area contributed by atoms with E-state index in [0.717, 1.165) is 12.8 Å². The van der Waals surface area contributed by atoms with E-state index < -0.39 is 6.17 Å². The summed E-state index contributed by atoms with van der Waals surface area (Å²) in [4.78, 5) is 12.1. The Morgan fingerprint density at radius 1 is 1.27 bits per heavy atom. The first-order valence-corrected chi connectivity index (χ1v) is 7.54. The number of hydrogen-bond acceptors (Lipinski definition) is 5. The van der Waals surface area contributed by atoms with Crippen molar-refractivity contribution < 1.29 is 4.39 Å². The molecule has 116 valence electrons. The van der Waals surface area contributed by atoms with Crippen LogP contribution in [0.2, 0.25) is 0 Å². The number of nitrogens with two attached hydrogens (primary N) is 1. The van der Waals surface area contributed by atoms with Crippen molar-refractivity contribution >= 4 is 11.9 Å². The molecular weight excluding hydrogens is 281 g/mol. The highest BCUT2D eigenvalue weighted by Gasteiger charge is 2.27. The summed E-state index contributed by atoms with van der Waals surface area (Å²) in [5.74, 6) is 0.861. The molecule has 3 atom stereocenters. The molecule has 0 bridgehead atoms. The predicted molar refractivity (Wildman–Crippen MR) is 84.1 cm³/mol. The van der Waals surface area contributed by atoms with E-state index in [1.165, 1.54) is 18.1 Å². The number of hydrogen-bond donors (Lipinski definition) is 2. The quantitative estimate of drug-likeness (QED) is 0.910. The number of nitrogen functional groups attached to an aromatic ring is 1. The molecule has 0 spiro atoms. The number of aryl methyl sites for hydroxylation is 1. The van der Waals surface area contributed by atoms with E-state index in [-0.39, 0.29) is 17.8 Å². The van der Waals surface area contributed by atoms with Crippen LogP contribution in [0.25, 0.3) is 0 Å². The standard InChI is InChI=1S/C16H20FN5/c1-9-7-8-11-5-3-4-6-12(11)13(9)19-16-21-14(10(2)17)20-15(18)22-16/h3-6,9-10,13H,7-8H2,1-2H3,(H3,18,19,20,21,22)/t9-,10?,13+/m0/s1. The molecule has 0 amide bonds. The van der Waals surface area contributed by atoms with Crippen LogP contribution in [-0.2, 0) is 6.42 Å². The molecule has 1 heterocycles. The minimum Gasteiger partial charge on any atom is -0.368 e. The summed E-state index contributed by atoms with van der Waals surface area (Å²) in [5.41, 5.74) is 8.24. The van der Waals surface area contributed by atoms with Gasteiger partial charge in [0.25, 0.3) is 0 Å². The summed E-state index contributed by atoms with van der Waals surface area (Å²) in [6, 6.07) is 8.44. The van der Waals surface area contributed by atoms with Crippen LogP contribution in [0.5, 0.6) is 0 Å². The first-order valence-electron chi connectivity index (χ1n) is 7.54. The number of anilines is 2. The Morgan fingerprint density at radius 3 is 2.82 bits per heavy atom. The summed E-state index contributed by atoms with van der Waals surface area (Å²) >= 11 is 0. The van der Waals surface area contributed by atoms with Crippen LogP contribution in [0.15, 0.2) is 24.3 Å². The van der Waals surface area contributed by atoms with E-state index in [2.05, 4.69) is 45.4 Å². The highest BCUT2D eigenvalue weighted by Crippen LogP contribution is 2.36. The Bertz CT molecular complexity index is 673. The highest BCUT2D eigenvalue weighted by atomic mass is 19.1. The zero-order valence-corrected chi connectivity index (χ0v) is 12.8. The van der Waals surface area contributed by atoms with Gasteiger partial charge in [-0.15, -0.1) is 0 Å². The smallest absolute Gasteiger partial charge is 0.228 e. The molecule has 0 saturated heterocycles. The molecule has 1 aromatic carbocycles. The average Bonchev–Trinajstić information content (AvgIpc) is 2.49. The lowest BCUT2D eigenvalue weighted by atomic mass is 9.81. The molecule has 0 radical (unpaired) electrons. The molecule has 2 aromatic rings. The third-order valence-corrected chi connectivity index (χ3v) is 4.14. The molecule has 0 fully saturated rings. The van der Waals surface area contributed by atoms with Gasteiger partial charge < -0.3 is 11.1 Å². The van der Waals surface area contributed by atoms with E-state index in [4.69, 9.17) is 5.73 Å². The van der Waals surface area contributed by atoms with Crippen molar-refractivity contribution in [2.75, 3.05) is 11.1 Å². The van der Waals surface area contributed by atoms with Crippen molar-refractivity contribution in [3.05, 3.63) is 41.2 Å². The second-order valence-electron chi connectivity index (χ2n) is 5.83. The number of benzene rings is 1. The van der Waals surface area contributed by atoms with Gasteiger partial charge in [-0.3, -0.25) is 0 Å². The minimum absolute atomic E-state index is 0.0359. The number of aromatic nitrogens is 3. The van der Waals surface area contributed by atoms with Gasteiger partial charge in [-0.25, -0.2) is 4.39 Å². The third kappa shape index (κ3) is 2.86. The van der Waals surface area contributed by atoms with E-state index in [1.54, 1.807) is 0 Å². The van der Waals surface area contributed by atoms with Gasteiger partial charge in [-0.2, -0.15) is 15.0 Å². The summed E-state index contributed by atoms with van der Waals surface area (Å²) in [5, 5.41) is 3.31. The van der Waals surface area contributed by atoms with Gasteiger partial charge in [0.05, 0.1) is 6.04 Å². The second kappa shape index (κ2) is 5.87. The van der Waals surface area contributed by atoms with Crippen molar-refractivity contribution in [2.45, 2.75) is 38.9 Å². The Hall–Kier alpha value is -2.24. The highest BCUT2D eigenvalue weighted by molar-refractivity contribution is 5.40. The summed E-state index contributed by atoms with van der Waals surface area (Å²) < 4.78 is 13.5. The van der Waals surface area contributed by atoms with Crippen molar-refractivity contribution in [3.8, 4) is 0 Å². The molecule has 6 heteroatoms. The Kier molecular flexibility index (Phi) is 3.92. The molecule has 3 rings (SSSR count). The lowest BCUT2D eigenvalue weighted by Gasteiger charge is -2.32. The van der Waals surface area contributed by atoms with Crippen LogP contribution >= 0.6 is 0 Å². The van der Waals surface area contributed by atoms with Crippen molar-refractivity contribution in [1.82, 2.24) is 15.0 Å². The van der Waals surface area contributed by atoms with Crippen LogP contribution in [0.4, 0.5) is 16.3 Å². The molecule has 1 aliphatic rings. The van der Waals surface area contributed by atoms with Gasteiger partial charge >= 0.3 is 0 Å². The molecule has 0 saturated carbocycles. The molecule has 1 aliphatic carbocycles. The summed E-state index contributed by atoms with van der Waals surface area (Å²) in [7, 11) is 0. The third-order valence-electron chi connectivity index (χ3n) is 4.14. The van der Waals surface area contributed by atoms with Crippen LogP contribution in [0.1, 0.15) is 49.4 Å². The summed E-state index contributed by atoms with van der Waals surface area (Å²) in [6.45, 7) is 3.58. The monoisotopic (exact) mass is 301 g/mol. The fourth-order valence-corrected chi connectivity index (χ4v) is 2.93. The number of nitrogens with zero attached hydrogens (tertiary/aromatic N) is 3. The van der Waals surface area contributed by atoms with Crippen LogP contribution in [-0.4, -0.2) is 15.0 Å². The molecule has 1 aromatic heterocycles. The number of fused-ring (bicyclic) bond motifs is 1. The number of nitrogens with one attached hydrogen (secondary N) is 1. The predicted octanol–water partition coefficient (Wildman–Crippen LogP) is 3.22.